The minimum absolute atomic E-state index is 0.182. The van der Waals surface area contributed by atoms with Gasteiger partial charge in [-0.25, -0.2) is 0 Å². The summed E-state index contributed by atoms with van der Waals surface area (Å²) in [5.74, 6) is -0.182. The monoisotopic (exact) mass is 307 g/mol. The Kier molecular flexibility index (Phi) is 4.49. The molecule has 5 nitrogen and oxygen atoms in total. The smallest absolute Gasteiger partial charge is 0.248 e. The van der Waals surface area contributed by atoms with E-state index in [0.29, 0.717) is 6.61 Å². The Hall–Kier alpha value is -2.92. The van der Waals surface area contributed by atoms with E-state index in [1.54, 1.807) is 19.4 Å². The maximum Gasteiger partial charge on any atom is 0.248 e. The largest absolute Gasteiger partial charge is 0.380 e. The van der Waals surface area contributed by atoms with Crippen molar-refractivity contribution in [1.29, 1.82) is 0 Å². The number of nitrogens with zero attached hydrogens (tertiary/aromatic N) is 1. The summed E-state index contributed by atoms with van der Waals surface area (Å²) >= 11 is 0. The van der Waals surface area contributed by atoms with Gasteiger partial charge in [-0.3, -0.25) is 9.89 Å². The number of fused-ring (bicyclic) bond motifs is 1. The van der Waals surface area contributed by atoms with Crippen LogP contribution in [0, 0.1) is 0 Å². The molecular weight excluding hydrogens is 290 g/mol. The first-order valence-electron chi connectivity index (χ1n) is 7.25. The van der Waals surface area contributed by atoms with Crippen LogP contribution < -0.4 is 5.32 Å². The predicted octanol–water partition coefficient (Wildman–Crippen LogP) is 3.36. The first kappa shape index (κ1) is 15.0. The van der Waals surface area contributed by atoms with Crippen molar-refractivity contribution in [3.05, 3.63) is 65.9 Å². The van der Waals surface area contributed by atoms with Gasteiger partial charge >= 0.3 is 0 Å². The molecular formula is C18H17N3O2. The van der Waals surface area contributed by atoms with E-state index in [1.165, 1.54) is 6.08 Å². The molecule has 0 aliphatic carbocycles. The molecule has 0 atom stereocenters. The van der Waals surface area contributed by atoms with Crippen LogP contribution in [-0.2, 0) is 16.1 Å². The number of hydrogen-bond acceptors (Lipinski definition) is 3. The molecule has 5 heteroatoms. The first-order valence-corrected chi connectivity index (χ1v) is 7.25. The van der Waals surface area contributed by atoms with E-state index < -0.39 is 0 Å². The molecule has 0 unspecified atom stereocenters. The lowest BCUT2D eigenvalue weighted by molar-refractivity contribution is -0.111. The third-order valence-electron chi connectivity index (χ3n) is 3.47. The van der Waals surface area contributed by atoms with E-state index in [2.05, 4.69) is 15.5 Å². The molecule has 2 N–H and O–H groups in total. The van der Waals surface area contributed by atoms with Crippen LogP contribution in [0.15, 0.2) is 54.7 Å². The van der Waals surface area contributed by atoms with Gasteiger partial charge in [-0.2, -0.15) is 5.10 Å². The predicted molar refractivity (Wildman–Crippen MR) is 90.9 cm³/mol. The lowest BCUT2D eigenvalue weighted by Gasteiger charge is -2.08. The van der Waals surface area contributed by atoms with Crippen molar-refractivity contribution < 1.29 is 9.53 Å². The van der Waals surface area contributed by atoms with Crippen LogP contribution in [0.2, 0.25) is 0 Å². The molecule has 0 aliphatic rings. The van der Waals surface area contributed by atoms with Crippen molar-refractivity contribution in [2.45, 2.75) is 6.61 Å². The third-order valence-corrected chi connectivity index (χ3v) is 3.47. The van der Waals surface area contributed by atoms with Gasteiger partial charge in [0.15, 0.2) is 0 Å². The molecule has 1 amide bonds. The van der Waals surface area contributed by atoms with Crippen molar-refractivity contribution in [1.82, 2.24) is 10.2 Å². The maximum absolute atomic E-state index is 12.1. The van der Waals surface area contributed by atoms with E-state index in [9.17, 15) is 4.79 Å². The number of hydrogen-bond donors (Lipinski definition) is 2. The number of carbonyl (C=O) groups excluding carboxylic acids is 1. The van der Waals surface area contributed by atoms with Gasteiger partial charge in [0, 0.05) is 29.8 Å². The summed E-state index contributed by atoms with van der Waals surface area (Å²) in [5, 5.41) is 10.8. The van der Waals surface area contributed by atoms with Gasteiger partial charge in [0.05, 0.1) is 18.3 Å². The number of ether oxygens (including phenoxy) is 1. The molecule has 3 rings (SSSR count). The standard InChI is InChI=1S/C18H17N3O2/c1-23-12-15-4-2-3-5-16(15)20-18(22)9-7-13-6-8-14-11-19-21-17(14)10-13/h2-11H,12H2,1H3,(H,19,21)(H,20,22)/b9-7+. The number of para-hydroxylation sites is 1. The highest BCUT2D eigenvalue weighted by atomic mass is 16.5. The van der Waals surface area contributed by atoms with Gasteiger partial charge < -0.3 is 10.1 Å². The summed E-state index contributed by atoms with van der Waals surface area (Å²) < 4.78 is 5.13. The average molecular weight is 307 g/mol. The summed E-state index contributed by atoms with van der Waals surface area (Å²) in [6, 6.07) is 13.4. The minimum atomic E-state index is -0.182. The quantitative estimate of drug-likeness (QED) is 0.710. The molecule has 2 aromatic carbocycles. The van der Waals surface area contributed by atoms with Gasteiger partial charge in [-0.1, -0.05) is 30.3 Å². The second-order valence-electron chi connectivity index (χ2n) is 5.13. The minimum Gasteiger partial charge on any atom is -0.380 e. The Balaban J connectivity index is 1.71. The molecule has 0 bridgehead atoms. The number of methoxy groups -OCH3 is 1. The van der Waals surface area contributed by atoms with E-state index >= 15 is 0 Å². The van der Waals surface area contributed by atoms with Crippen LogP contribution in [0.5, 0.6) is 0 Å². The number of nitrogens with one attached hydrogen (secondary N) is 2. The normalized spacial score (nSPS) is 11.2. The fourth-order valence-corrected chi connectivity index (χ4v) is 2.33. The summed E-state index contributed by atoms with van der Waals surface area (Å²) in [6.07, 6.45) is 5.05. The van der Waals surface area contributed by atoms with Crippen molar-refractivity contribution in [3.8, 4) is 0 Å². The van der Waals surface area contributed by atoms with Crippen LogP contribution >= 0.6 is 0 Å². The summed E-state index contributed by atoms with van der Waals surface area (Å²) in [6.45, 7) is 0.455. The number of benzene rings is 2. The fraction of sp³-hybridized carbons (Fsp3) is 0.111. The SMILES string of the molecule is COCc1ccccc1NC(=O)/C=C/c1ccc2cn[nH]c2c1. The number of anilines is 1. The Bertz CT molecular complexity index is 852. The van der Waals surface area contributed by atoms with Crippen molar-refractivity contribution >= 4 is 28.6 Å². The molecule has 1 heterocycles. The highest BCUT2D eigenvalue weighted by Gasteiger charge is 2.04. The third kappa shape index (κ3) is 3.64. The lowest BCUT2D eigenvalue weighted by atomic mass is 10.1. The van der Waals surface area contributed by atoms with E-state index in [1.807, 2.05) is 42.5 Å². The lowest BCUT2D eigenvalue weighted by Crippen LogP contribution is -2.10. The zero-order valence-corrected chi connectivity index (χ0v) is 12.7. The summed E-state index contributed by atoms with van der Waals surface area (Å²) in [4.78, 5) is 12.1. The Morgan fingerprint density at radius 3 is 3.04 bits per heavy atom. The highest BCUT2D eigenvalue weighted by molar-refractivity contribution is 6.02. The average Bonchev–Trinajstić information content (AvgIpc) is 3.03. The number of rotatable bonds is 5. The molecule has 0 spiro atoms. The van der Waals surface area contributed by atoms with E-state index in [4.69, 9.17) is 4.74 Å². The Labute approximate surface area is 134 Å². The maximum atomic E-state index is 12.1. The number of aromatic amines is 1. The van der Waals surface area contributed by atoms with Gasteiger partial charge in [0.25, 0.3) is 0 Å². The number of amides is 1. The van der Waals surface area contributed by atoms with Crippen LogP contribution in [-0.4, -0.2) is 23.2 Å². The number of aromatic nitrogens is 2. The first-order chi connectivity index (χ1) is 11.3. The molecule has 0 aliphatic heterocycles. The molecule has 1 aromatic heterocycles. The Morgan fingerprint density at radius 1 is 1.30 bits per heavy atom. The van der Waals surface area contributed by atoms with Crippen molar-refractivity contribution in [2.24, 2.45) is 0 Å². The molecule has 0 fully saturated rings. The van der Waals surface area contributed by atoms with Crippen molar-refractivity contribution in [3.63, 3.8) is 0 Å². The van der Waals surface area contributed by atoms with Crippen LogP contribution in [0.1, 0.15) is 11.1 Å². The molecule has 0 saturated heterocycles. The molecule has 116 valence electrons. The zero-order chi connectivity index (χ0) is 16.1. The topological polar surface area (TPSA) is 67.0 Å². The van der Waals surface area contributed by atoms with E-state index in [0.717, 1.165) is 27.7 Å². The summed E-state index contributed by atoms with van der Waals surface area (Å²) in [5.41, 5.74) is 3.57. The van der Waals surface area contributed by atoms with Gasteiger partial charge in [0.2, 0.25) is 5.91 Å². The fourth-order valence-electron chi connectivity index (χ4n) is 2.33. The van der Waals surface area contributed by atoms with Gasteiger partial charge in [-0.15, -0.1) is 0 Å². The van der Waals surface area contributed by atoms with Crippen LogP contribution in [0.3, 0.4) is 0 Å². The van der Waals surface area contributed by atoms with Crippen LogP contribution in [0.25, 0.3) is 17.0 Å². The van der Waals surface area contributed by atoms with Crippen LogP contribution in [0.4, 0.5) is 5.69 Å². The molecule has 23 heavy (non-hydrogen) atoms. The summed E-state index contributed by atoms with van der Waals surface area (Å²) in [7, 11) is 1.63. The number of H-pyrrole nitrogens is 1. The molecule has 0 saturated carbocycles. The van der Waals surface area contributed by atoms with Gasteiger partial charge in [0.1, 0.15) is 0 Å². The second-order valence-corrected chi connectivity index (χ2v) is 5.13. The highest BCUT2D eigenvalue weighted by Crippen LogP contribution is 2.17. The zero-order valence-electron chi connectivity index (χ0n) is 12.7. The Morgan fingerprint density at radius 2 is 2.17 bits per heavy atom. The van der Waals surface area contributed by atoms with E-state index in [-0.39, 0.29) is 5.91 Å². The van der Waals surface area contributed by atoms with Gasteiger partial charge in [-0.05, 0) is 23.8 Å². The second kappa shape index (κ2) is 6.89. The number of carbonyl (C=O) groups is 1. The van der Waals surface area contributed by atoms with Crippen molar-refractivity contribution in [2.75, 3.05) is 12.4 Å². The molecule has 3 aromatic rings. The molecule has 0 radical (unpaired) electrons.